The second kappa shape index (κ2) is 5.95. The lowest BCUT2D eigenvalue weighted by Gasteiger charge is -2.14. The van der Waals surface area contributed by atoms with Gasteiger partial charge in [-0.3, -0.25) is 0 Å². The minimum atomic E-state index is -0.762. The number of benzene rings is 2. The maximum atomic E-state index is 10.6. The highest BCUT2D eigenvalue weighted by atomic mass is 35.5. The van der Waals surface area contributed by atoms with E-state index in [2.05, 4.69) is 9.97 Å². The molecule has 0 amide bonds. The lowest BCUT2D eigenvalue weighted by Crippen LogP contribution is -2.06. The Morgan fingerprint density at radius 3 is 2.32 bits per heavy atom. The van der Waals surface area contributed by atoms with Gasteiger partial charge in [-0.05, 0) is 48.2 Å². The summed E-state index contributed by atoms with van der Waals surface area (Å²) < 4.78 is 0. The predicted molar refractivity (Wildman–Crippen MR) is 89.0 cm³/mol. The number of aryl methyl sites for hydroxylation is 2. The number of aromatic amines is 1. The maximum absolute atomic E-state index is 10.6. The van der Waals surface area contributed by atoms with E-state index in [0.717, 1.165) is 27.9 Å². The van der Waals surface area contributed by atoms with Crippen LogP contribution in [0.15, 0.2) is 48.7 Å². The van der Waals surface area contributed by atoms with Crippen molar-refractivity contribution in [1.82, 2.24) is 9.97 Å². The maximum Gasteiger partial charge on any atom is 0.140 e. The lowest BCUT2D eigenvalue weighted by atomic mass is 9.98. The molecule has 112 valence electrons. The monoisotopic (exact) mass is 312 g/mol. The van der Waals surface area contributed by atoms with Crippen molar-refractivity contribution in [2.45, 2.75) is 20.0 Å². The fraction of sp³-hybridized carbons (Fsp3) is 0.167. The predicted octanol–water partition coefficient (Wildman–Crippen LogP) is 4.43. The van der Waals surface area contributed by atoms with Gasteiger partial charge in [-0.25, -0.2) is 4.98 Å². The van der Waals surface area contributed by atoms with E-state index in [-0.39, 0.29) is 0 Å². The van der Waals surface area contributed by atoms with Gasteiger partial charge in [-0.15, -0.1) is 0 Å². The minimum absolute atomic E-state index is 0.544. The molecule has 0 spiro atoms. The van der Waals surface area contributed by atoms with Crippen LogP contribution in [0, 0.1) is 13.8 Å². The van der Waals surface area contributed by atoms with Gasteiger partial charge >= 0.3 is 0 Å². The fourth-order valence-corrected chi connectivity index (χ4v) is 2.77. The molecular formula is C18H17ClN2O. The molecule has 1 unspecified atom stereocenters. The molecule has 0 radical (unpaired) electrons. The van der Waals surface area contributed by atoms with Crippen LogP contribution < -0.4 is 0 Å². The SMILES string of the molecule is Cc1cccc(C)c1C(O)c1ncc(-c2ccc(Cl)cc2)[nH]1. The Morgan fingerprint density at radius 2 is 1.68 bits per heavy atom. The average Bonchev–Trinajstić information content (AvgIpc) is 2.97. The number of hydrogen-bond acceptors (Lipinski definition) is 2. The third-order valence-corrected chi connectivity index (χ3v) is 4.08. The van der Waals surface area contributed by atoms with Crippen molar-refractivity contribution in [3.63, 3.8) is 0 Å². The highest BCUT2D eigenvalue weighted by Crippen LogP contribution is 2.28. The Labute approximate surface area is 134 Å². The van der Waals surface area contributed by atoms with E-state index in [1.807, 2.05) is 56.3 Å². The number of aliphatic hydroxyl groups is 1. The normalized spacial score (nSPS) is 12.4. The Kier molecular flexibility index (Phi) is 4.01. The number of H-pyrrole nitrogens is 1. The molecule has 0 aliphatic heterocycles. The number of halogens is 1. The van der Waals surface area contributed by atoms with Crippen LogP contribution in [0.25, 0.3) is 11.3 Å². The van der Waals surface area contributed by atoms with Crippen molar-refractivity contribution in [2.24, 2.45) is 0 Å². The first-order chi connectivity index (χ1) is 10.6. The number of nitrogens with one attached hydrogen (secondary N) is 1. The molecule has 4 heteroatoms. The summed E-state index contributed by atoms with van der Waals surface area (Å²) in [5.41, 5.74) is 4.85. The van der Waals surface area contributed by atoms with Gasteiger partial charge in [-0.2, -0.15) is 0 Å². The summed E-state index contributed by atoms with van der Waals surface area (Å²) in [5.74, 6) is 0.544. The van der Waals surface area contributed by atoms with Crippen molar-refractivity contribution in [3.05, 3.63) is 76.2 Å². The standard InChI is InChI=1S/C18H17ClN2O/c1-11-4-3-5-12(2)16(11)17(22)18-20-10-15(21-18)13-6-8-14(19)9-7-13/h3-10,17,22H,1-2H3,(H,20,21). The van der Waals surface area contributed by atoms with Crippen LogP contribution in [0.2, 0.25) is 5.02 Å². The number of rotatable bonds is 3. The van der Waals surface area contributed by atoms with Crippen LogP contribution in [0.5, 0.6) is 0 Å². The third-order valence-electron chi connectivity index (χ3n) is 3.83. The molecule has 0 aliphatic carbocycles. The third kappa shape index (κ3) is 2.78. The molecule has 3 aromatic rings. The van der Waals surface area contributed by atoms with Crippen molar-refractivity contribution in [3.8, 4) is 11.3 Å². The van der Waals surface area contributed by atoms with Gasteiger partial charge in [0.15, 0.2) is 0 Å². The zero-order valence-corrected chi connectivity index (χ0v) is 13.2. The molecule has 0 saturated heterocycles. The van der Waals surface area contributed by atoms with Gasteiger partial charge in [0.25, 0.3) is 0 Å². The second-order valence-electron chi connectivity index (χ2n) is 5.40. The van der Waals surface area contributed by atoms with Crippen LogP contribution in [0.4, 0.5) is 0 Å². The van der Waals surface area contributed by atoms with Crippen LogP contribution in [0.3, 0.4) is 0 Å². The summed E-state index contributed by atoms with van der Waals surface area (Å²) in [6, 6.07) is 13.5. The molecule has 0 saturated carbocycles. The van der Waals surface area contributed by atoms with Gasteiger partial charge < -0.3 is 10.1 Å². The molecule has 0 bridgehead atoms. The first-order valence-electron chi connectivity index (χ1n) is 7.11. The van der Waals surface area contributed by atoms with E-state index < -0.39 is 6.10 Å². The van der Waals surface area contributed by atoms with Gasteiger partial charge in [0.05, 0.1) is 11.9 Å². The molecule has 22 heavy (non-hydrogen) atoms. The summed E-state index contributed by atoms with van der Waals surface area (Å²) in [6.07, 6.45) is 0.970. The lowest BCUT2D eigenvalue weighted by molar-refractivity contribution is 0.209. The quantitative estimate of drug-likeness (QED) is 0.751. The second-order valence-corrected chi connectivity index (χ2v) is 5.83. The van der Waals surface area contributed by atoms with E-state index in [1.165, 1.54) is 0 Å². The first kappa shape index (κ1) is 14.8. The molecule has 1 heterocycles. The highest BCUT2D eigenvalue weighted by molar-refractivity contribution is 6.30. The molecule has 0 aliphatic rings. The van der Waals surface area contributed by atoms with E-state index >= 15 is 0 Å². The number of hydrogen-bond donors (Lipinski definition) is 2. The molecule has 3 nitrogen and oxygen atoms in total. The topological polar surface area (TPSA) is 48.9 Å². The van der Waals surface area contributed by atoms with E-state index in [1.54, 1.807) is 6.20 Å². The molecule has 1 atom stereocenters. The van der Waals surface area contributed by atoms with Crippen LogP contribution >= 0.6 is 11.6 Å². The van der Waals surface area contributed by atoms with Gasteiger partial charge in [-0.1, -0.05) is 41.9 Å². The summed E-state index contributed by atoms with van der Waals surface area (Å²) in [7, 11) is 0. The Balaban J connectivity index is 1.95. The van der Waals surface area contributed by atoms with Crippen molar-refractivity contribution in [2.75, 3.05) is 0 Å². The Morgan fingerprint density at radius 1 is 1.05 bits per heavy atom. The summed E-state index contributed by atoms with van der Waals surface area (Å²) in [6.45, 7) is 3.99. The number of aromatic nitrogens is 2. The van der Waals surface area contributed by atoms with E-state index in [9.17, 15) is 5.11 Å². The van der Waals surface area contributed by atoms with Crippen molar-refractivity contribution < 1.29 is 5.11 Å². The molecular weight excluding hydrogens is 296 g/mol. The van der Waals surface area contributed by atoms with Crippen molar-refractivity contribution >= 4 is 11.6 Å². The molecule has 2 aromatic carbocycles. The number of imidazole rings is 1. The highest BCUT2D eigenvalue weighted by Gasteiger charge is 2.18. The largest absolute Gasteiger partial charge is 0.380 e. The molecule has 1 aromatic heterocycles. The first-order valence-corrected chi connectivity index (χ1v) is 7.49. The number of aliphatic hydroxyl groups excluding tert-OH is 1. The van der Waals surface area contributed by atoms with E-state index in [4.69, 9.17) is 11.6 Å². The molecule has 0 fully saturated rings. The molecule has 2 N–H and O–H groups in total. The van der Waals surface area contributed by atoms with Crippen LogP contribution in [-0.2, 0) is 0 Å². The van der Waals surface area contributed by atoms with Gasteiger partial charge in [0.1, 0.15) is 11.9 Å². The zero-order valence-electron chi connectivity index (χ0n) is 12.5. The average molecular weight is 313 g/mol. The van der Waals surface area contributed by atoms with Crippen molar-refractivity contribution in [1.29, 1.82) is 0 Å². The summed E-state index contributed by atoms with van der Waals surface area (Å²) in [5, 5.41) is 11.3. The van der Waals surface area contributed by atoms with Gasteiger partial charge in [0, 0.05) is 5.02 Å². The van der Waals surface area contributed by atoms with Gasteiger partial charge in [0.2, 0.25) is 0 Å². The van der Waals surface area contributed by atoms with Crippen LogP contribution in [-0.4, -0.2) is 15.1 Å². The summed E-state index contributed by atoms with van der Waals surface area (Å²) in [4.78, 5) is 7.53. The Hall–Kier alpha value is -2.10. The fourth-order valence-electron chi connectivity index (χ4n) is 2.65. The number of nitrogens with zero attached hydrogens (tertiary/aromatic N) is 1. The van der Waals surface area contributed by atoms with Crippen LogP contribution in [0.1, 0.15) is 28.6 Å². The zero-order chi connectivity index (χ0) is 15.7. The smallest absolute Gasteiger partial charge is 0.140 e. The summed E-state index contributed by atoms with van der Waals surface area (Å²) >= 11 is 5.90. The molecule has 3 rings (SSSR count). The Bertz CT molecular complexity index is 773. The van der Waals surface area contributed by atoms with E-state index in [0.29, 0.717) is 10.8 Å². The minimum Gasteiger partial charge on any atom is -0.380 e.